The van der Waals surface area contributed by atoms with Gasteiger partial charge < -0.3 is 20.1 Å². The maximum atomic E-state index is 12.7. The predicted molar refractivity (Wildman–Crippen MR) is 132 cm³/mol. The lowest BCUT2D eigenvalue weighted by Gasteiger charge is -2.34. The number of piperazine rings is 1. The molecule has 0 spiro atoms. The number of aliphatic hydroxyl groups is 1. The number of aryl methyl sites for hydroxylation is 1. The van der Waals surface area contributed by atoms with Gasteiger partial charge >= 0.3 is 6.01 Å². The Bertz CT molecular complexity index is 1130. The minimum Gasteiger partial charge on any atom is -0.467 e. The van der Waals surface area contributed by atoms with Gasteiger partial charge in [0.1, 0.15) is 4.88 Å². The highest BCUT2D eigenvalue weighted by Crippen LogP contribution is 2.28. The van der Waals surface area contributed by atoms with Crippen LogP contribution in [-0.4, -0.2) is 82.3 Å². The van der Waals surface area contributed by atoms with Crippen LogP contribution in [0.5, 0.6) is 6.01 Å². The topological polar surface area (TPSA) is 129 Å². The van der Waals surface area contributed by atoms with E-state index < -0.39 is 0 Å². The lowest BCUT2D eigenvalue weighted by Crippen LogP contribution is -2.47. The van der Waals surface area contributed by atoms with Crippen molar-refractivity contribution in [2.24, 2.45) is 0 Å². The summed E-state index contributed by atoms with van der Waals surface area (Å²) in [4.78, 5) is 34.7. The van der Waals surface area contributed by atoms with Crippen LogP contribution in [0.15, 0.2) is 24.4 Å². The molecule has 1 amide bonds. The summed E-state index contributed by atoms with van der Waals surface area (Å²) in [6.45, 7) is 5.70. The number of β-amino-alcohol motifs (C(OH)–C–C–N with tert-alkyl or cyclic N) is 1. The number of halogens is 1. The second-order valence-electron chi connectivity index (χ2n) is 7.54. The molecule has 0 aliphatic carbocycles. The van der Waals surface area contributed by atoms with E-state index in [2.05, 4.69) is 35.5 Å². The second-order valence-corrected chi connectivity index (χ2v) is 8.98. The number of nitrogens with one attached hydrogen (secondary N) is 2. The Labute approximate surface area is 205 Å². The van der Waals surface area contributed by atoms with Gasteiger partial charge in [-0.15, -0.1) is 0 Å². The largest absolute Gasteiger partial charge is 0.467 e. The van der Waals surface area contributed by atoms with E-state index in [1.807, 2.05) is 24.0 Å². The molecule has 0 atom stereocenters. The van der Waals surface area contributed by atoms with Crippen LogP contribution in [0.1, 0.15) is 15.2 Å². The van der Waals surface area contributed by atoms with Gasteiger partial charge in [-0.2, -0.15) is 15.0 Å². The molecule has 0 radical (unpaired) electrons. The number of rotatable bonds is 8. The molecule has 1 aliphatic rings. The maximum absolute atomic E-state index is 12.7. The fraction of sp³-hybridized carbons (Fsp3) is 0.381. The van der Waals surface area contributed by atoms with Gasteiger partial charge in [0.15, 0.2) is 5.13 Å². The molecule has 34 heavy (non-hydrogen) atoms. The summed E-state index contributed by atoms with van der Waals surface area (Å²) < 4.78 is 5.25. The van der Waals surface area contributed by atoms with Gasteiger partial charge in [-0.05, 0) is 18.6 Å². The molecule has 1 aliphatic heterocycles. The Kier molecular flexibility index (Phi) is 7.73. The Morgan fingerprint density at radius 3 is 2.74 bits per heavy atom. The molecule has 0 saturated carbocycles. The zero-order chi connectivity index (χ0) is 24.1. The third-order valence-corrected chi connectivity index (χ3v) is 6.49. The van der Waals surface area contributed by atoms with Crippen LogP contribution in [0.4, 0.5) is 22.7 Å². The van der Waals surface area contributed by atoms with Gasteiger partial charge in [0.25, 0.3) is 5.91 Å². The molecule has 1 aromatic carbocycles. The number of ether oxygens (including phenoxy) is 1. The smallest absolute Gasteiger partial charge is 0.322 e. The highest BCUT2D eigenvalue weighted by Gasteiger charge is 2.21. The number of aliphatic hydroxyl groups excluding tert-OH is 1. The number of thiazole rings is 1. The van der Waals surface area contributed by atoms with Crippen molar-refractivity contribution in [1.29, 1.82) is 0 Å². The molecule has 3 heterocycles. The highest BCUT2D eigenvalue weighted by atomic mass is 35.5. The normalized spacial score (nSPS) is 14.2. The van der Waals surface area contributed by atoms with Crippen molar-refractivity contribution < 1.29 is 14.6 Å². The first-order valence-electron chi connectivity index (χ1n) is 10.6. The van der Waals surface area contributed by atoms with Crippen molar-refractivity contribution in [2.45, 2.75) is 6.92 Å². The average Bonchev–Trinajstić information content (AvgIpc) is 3.30. The van der Waals surface area contributed by atoms with Gasteiger partial charge in [0.05, 0.1) is 30.6 Å². The number of methoxy groups -OCH3 is 1. The standard InChI is InChI=1S/C21H25ClN8O3S/c1-13-4-3-5-14(22)16(13)24-17(32)15-12-23-21(34-15)27-18-25-19(28-20(26-18)33-2)30-8-6-29(7-9-30)10-11-31/h3-5,12,31H,6-11H2,1-2H3,(H,24,32)(H,23,25,26,27,28). The summed E-state index contributed by atoms with van der Waals surface area (Å²) in [6.07, 6.45) is 1.48. The SMILES string of the molecule is COc1nc(Nc2ncc(C(=O)Nc3c(C)cccc3Cl)s2)nc(N2CCN(CCO)CC2)n1. The number of para-hydroxylation sites is 1. The van der Waals surface area contributed by atoms with E-state index in [0.717, 1.165) is 43.1 Å². The van der Waals surface area contributed by atoms with Gasteiger partial charge in [0, 0.05) is 32.7 Å². The van der Waals surface area contributed by atoms with Crippen molar-refractivity contribution in [3.63, 3.8) is 0 Å². The Hall–Kier alpha value is -3.06. The van der Waals surface area contributed by atoms with Gasteiger partial charge in [-0.25, -0.2) is 4.98 Å². The van der Waals surface area contributed by atoms with E-state index in [0.29, 0.717) is 33.2 Å². The highest BCUT2D eigenvalue weighted by molar-refractivity contribution is 7.17. The van der Waals surface area contributed by atoms with Gasteiger partial charge in [0.2, 0.25) is 11.9 Å². The Morgan fingerprint density at radius 2 is 2.03 bits per heavy atom. The van der Waals surface area contributed by atoms with Gasteiger partial charge in [-0.3, -0.25) is 15.0 Å². The van der Waals surface area contributed by atoms with E-state index in [9.17, 15) is 4.79 Å². The summed E-state index contributed by atoms with van der Waals surface area (Å²) in [6, 6.07) is 5.60. The molecule has 13 heteroatoms. The van der Waals surface area contributed by atoms with E-state index in [-0.39, 0.29) is 24.5 Å². The monoisotopic (exact) mass is 504 g/mol. The molecule has 1 saturated heterocycles. The fourth-order valence-electron chi connectivity index (χ4n) is 3.45. The van der Waals surface area contributed by atoms with E-state index in [1.54, 1.807) is 6.07 Å². The summed E-state index contributed by atoms with van der Waals surface area (Å²) in [5.41, 5.74) is 1.44. The van der Waals surface area contributed by atoms with Crippen molar-refractivity contribution in [3.8, 4) is 6.01 Å². The van der Waals surface area contributed by atoms with Crippen LogP contribution < -0.4 is 20.3 Å². The number of carbonyl (C=O) groups is 1. The Morgan fingerprint density at radius 1 is 1.24 bits per heavy atom. The molecular weight excluding hydrogens is 480 g/mol. The van der Waals surface area contributed by atoms with Crippen LogP contribution in [0.3, 0.4) is 0 Å². The van der Waals surface area contributed by atoms with Crippen molar-refractivity contribution in [2.75, 3.05) is 62.0 Å². The lowest BCUT2D eigenvalue weighted by molar-refractivity contribution is 0.103. The number of anilines is 4. The maximum Gasteiger partial charge on any atom is 0.322 e. The average molecular weight is 505 g/mol. The number of benzene rings is 1. The Balaban J connectivity index is 1.46. The van der Waals surface area contributed by atoms with Crippen molar-refractivity contribution in [1.82, 2.24) is 24.8 Å². The van der Waals surface area contributed by atoms with Crippen LogP contribution in [0.25, 0.3) is 0 Å². The summed E-state index contributed by atoms with van der Waals surface area (Å²) in [5.74, 6) is 0.445. The number of carbonyl (C=O) groups excluding carboxylic acids is 1. The molecule has 11 nitrogen and oxygen atoms in total. The number of nitrogens with zero attached hydrogens (tertiary/aromatic N) is 6. The van der Waals surface area contributed by atoms with Crippen LogP contribution >= 0.6 is 22.9 Å². The van der Waals surface area contributed by atoms with Crippen LogP contribution in [0, 0.1) is 6.92 Å². The fourth-order valence-corrected chi connectivity index (χ4v) is 4.42. The second kappa shape index (κ2) is 10.9. The van der Waals surface area contributed by atoms with Crippen molar-refractivity contribution >= 4 is 51.6 Å². The third-order valence-electron chi connectivity index (χ3n) is 5.27. The van der Waals surface area contributed by atoms with Crippen molar-refractivity contribution in [3.05, 3.63) is 39.9 Å². The first-order valence-corrected chi connectivity index (χ1v) is 11.8. The molecule has 1 fully saturated rings. The quantitative estimate of drug-likeness (QED) is 0.420. The lowest BCUT2D eigenvalue weighted by atomic mass is 10.2. The summed E-state index contributed by atoms with van der Waals surface area (Å²) >= 11 is 7.38. The molecular formula is C21H25ClN8O3S. The number of amides is 1. The number of hydrogen-bond donors (Lipinski definition) is 3. The van der Waals surface area contributed by atoms with Crippen LogP contribution in [-0.2, 0) is 0 Å². The number of hydrogen-bond acceptors (Lipinski definition) is 11. The summed E-state index contributed by atoms with van der Waals surface area (Å²) in [7, 11) is 1.49. The first-order chi connectivity index (χ1) is 16.5. The first kappa shape index (κ1) is 24.1. The predicted octanol–water partition coefficient (Wildman–Crippen LogP) is 2.41. The molecule has 2 aromatic heterocycles. The van der Waals surface area contributed by atoms with Crippen LogP contribution in [0.2, 0.25) is 5.02 Å². The molecule has 3 N–H and O–H groups in total. The minimum absolute atomic E-state index is 0.138. The zero-order valence-corrected chi connectivity index (χ0v) is 20.4. The molecule has 3 aromatic rings. The third kappa shape index (κ3) is 5.70. The zero-order valence-electron chi connectivity index (χ0n) is 18.8. The van der Waals surface area contributed by atoms with E-state index in [1.165, 1.54) is 13.3 Å². The number of aromatic nitrogens is 4. The summed E-state index contributed by atoms with van der Waals surface area (Å²) in [5, 5.41) is 15.9. The van der Waals surface area contributed by atoms with E-state index in [4.69, 9.17) is 21.4 Å². The van der Waals surface area contributed by atoms with E-state index >= 15 is 0 Å². The molecule has 4 rings (SSSR count). The minimum atomic E-state index is -0.309. The molecule has 0 unspecified atom stereocenters. The molecule has 0 bridgehead atoms. The van der Waals surface area contributed by atoms with Gasteiger partial charge in [-0.1, -0.05) is 35.1 Å². The molecule has 180 valence electrons.